The molecule has 0 fully saturated rings. The van der Waals surface area contributed by atoms with E-state index in [1.165, 1.54) is 0 Å². The van der Waals surface area contributed by atoms with E-state index in [9.17, 15) is 0 Å². The minimum absolute atomic E-state index is 0.437. The molecule has 0 saturated heterocycles. The largest absolute Gasteiger partial charge is 0.366 e. The molecule has 0 saturated carbocycles. The fraction of sp³-hybridized carbons (Fsp3) is 0. The maximum Gasteiger partial charge on any atom is 0.0867 e. The van der Waals surface area contributed by atoms with Crippen molar-refractivity contribution in [2.75, 3.05) is 5.48 Å². The summed E-state index contributed by atoms with van der Waals surface area (Å²) in [5, 5.41) is 10.0. The molecule has 0 radical (unpaired) electrons. The van der Waals surface area contributed by atoms with Gasteiger partial charge in [0.25, 0.3) is 0 Å². The predicted molar refractivity (Wildman–Crippen MR) is 61.7 cm³/mol. The smallest absolute Gasteiger partial charge is 0.0867 e. The molecule has 2 rings (SSSR count). The van der Waals surface area contributed by atoms with E-state index in [0.29, 0.717) is 15.7 Å². The van der Waals surface area contributed by atoms with Crippen molar-refractivity contribution >= 4 is 28.9 Å². The second-order valence-electron chi connectivity index (χ2n) is 2.99. The lowest BCUT2D eigenvalue weighted by molar-refractivity contribution is 0.389. The summed E-state index contributed by atoms with van der Waals surface area (Å²) in [6.45, 7) is 0. The van der Waals surface area contributed by atoms with Crippen LogP contribution in [0.5, 0.6) is 0 Å². The second-order valence-corrected chi connectivity index (χ2v) is 3.81. The lowest BCUT2D eigenvalue weighted by atomic mass is 10.1. The quantitative estimate of drug-likeness (QED) is 0.702. The Morgan fingerprint density at radius 1 is 1.07 bits per heavy atom. The van der Waals surface area contributed by atoms with Crippen molar-refractivity contribution in [3.05, 3.63) is 40.6 Å². The summed E-state index contributed by atoms with van der Waals surface area (Å²) in [4.78, 5) is 2.88. The molecule has 3 N–H and O–H groups in total. The van der Waals surface area contributed by atoms with Crippen LogP contribution in [0.3, 0.4) is 0 Å². The normalized spacial score (nSPS) is 10.3. The van der Waals surface area contributed by atoms with Crippen LogP contribution in [0, 0.1) is 0 Å². The van der Waals surface area contributed by atoms with E-state index < -0.39 is 0 Å². The first kappa shape index (κ1) is 10.4. The first-order valence-electron chi connectivity index (χ1n) is 4.25. The number of hydrogen-bond acceptors (Lipinski definition) is 2. The average molecular weight is 243 g/mol. The van der Waals surface area contributed by atoms with Gasteiger partial charge in [0.1, 0.15) is 0 Å². The molecule has 0 spiro atoms. The van der Waals surface area contributed by atoms with Gasteiger partial charge in [0.15, 0.2) is 0 Å². The van der Waals surface area contributed by atoms with Gasteiger partial charge < -0.3 is 4.98 Å². The van der Waals surface area contributed by atoms with E-state index in [0.717, 1.165) is 11.1 Å². The summed E-state index contributed by atoms with van der Waals surface area (Å²) in [5.74, 6) is 0. The van der Waals surface area contributed by atoms with Crippen LogP contribution in [0.1, 0.15) is 0 Å². The van der Waals surface area contributed by atoms with Crippen molar-refractivity contribution in [2.45, 2.75) is 0 Å². The molecular formula is C10H8Cl2N2O. The molecule has 0 atom stereocenters. The lowest BCUT2D eigenvalue weighted by Gasteiger charge is -2.08. The van der Waals surface area contributed by atoms with Crippen LogP contribution < -0.4 is 5.48 Å². The van der Waals surface area contributed by atoms with E-state index in [-0.39, 0.29) is 0 Å². The number of hydrogen-bond donors (Lipinski definition) is 3. The molecule has 1 aromatic carbocycles. The predicted octanol–water partition coefficient (Wildman–Crippen LogP) is 3.79. The first-order valence-corrected chi connectivity index (χ1v) is 5.01. The average Bonchev–Trinajstić information content (AvgIpc) is 2.64. The minimum atomic E-state index is 0.437. The first-order chi connectivity index (χ1) is 7.24. The highest BCUT2D eigenvalue weighted by Crippen LogP contribution is 2.36. The highest BCUT2D eigenvalue weighted by Gasteiger charge is 2.11. The Balaban J connectivity index is 2.63. The molecule has 0 unspecified atom stereocenters. The summed E-state index contributed by atoms with van der Waals surface area (Å²) in [5.41, 5.74) is 4.05. The number of nitrogens with one attached hydrogen (secondary N) is 2. The SMILES string of the molecule is ONc1c(Cl)cccc1-c1c[nH]cc1Cl. The van der Waals surface area contributed by atoms with Gasteiger partial charge in [-0.05, 0) is 6.07 Å². The van der Waals surface area contributed by atoms with Crippen molar-refractivity contribution in [1.82, 2.24) is 4.98 Å². The number of halogens is 2. The third kappa shape index (κ3) is 1.81. The summed E-state index contributed by atoms with van der Waals surface area (Å²) >= 11 is 11.9. The molecule has 1 heterocycles. The van der Waals surface area contributed by atoms with Gasteiger partial charge in [-0.15, -0.1) is 0 Å². The Morgan fingerprint density at radius 3 is 2.47 bits per heavy atom. The van der Waals surface area contributed by atoms with E-state index in [1.54, 1.807) is 24.5 Å². The lowest BCUT2D eigenvalue weighted by Crippen LogP contribution is -1.93. The third-order valence-electron chi connectivity index (χ3n) is 2.11. The number of H-pyrrole nitrogens is 1. The Hall–Kier alpha value is -1.16. The van der Waals surface area contributed by atoms with Crippen molar-refractivity contribution in [2.24, 2.45) is 0 Å². The highest BCUT2D eigenvalue weighted by molar-refractivity contribution is 6.35. The Labute approximate surface area is 96.6 Å². The number of para-hydroxylation sites is 1. The standard InChI is InChI=1S/C10H8Cl2N2O/c11-8-3-1-2-6(10(8)14-15)7-4-13-5-9(7)12/h1-5,13-15H. The minimum Gasteiger partial charge on any atom is -0.366 e. The van der Waals surface area contributed by atoms with Crippen LogP contribution in [-0.2, 0) is 0 Å². The number of benzene rings is 1. The van der Waals surface area contributed by atoms with Crippen LogP contribution in [0.4, 0.5) is 5.69 Å². The van der Waals surface area contributed by atoms with Gasteiger partial charge in [0.05, 0.1) is 15.7 Å². The van der Waals surface area contributed by atoms with Crippen molar-refractivity contribution < 1.29 is 5.21 Å². The molecule has 0 amide bonds. The Kier molecular flexibility index (Phi) is 2.86. The van der Waals surface area contributed by atoms with Crippen molar-refractivity contribution in [1.29, 1.82) is 0 Å². The topological polar surface area (TPSA) is 48.0 Å². The van der Waals surface area contributed by atoms with Crippen molar-refractivity contribution in [3.63, 3.8) is 0 Å². The van der Waals surface area contributed by atoms with E-state index in [1.807, 2.05) is 6.07 Å². The van der Waals surface area contributed by atoms with Gasteiger partial charge in [-0.1, -0.05) is 35.3 Å². The van der Waals surface area contributed by atoms with Crippen molar-refractivity contribution in [3.8, 4) is 11.1 Å². The fourth-order valence-corrected chi connectivity index (χ4v) is 1.85. The molecule has 5 heteroatoms. The molecule has 0 aliphatic carbocycles. The Bertz CT molecular complexity index is 482. The summed E-state index contributed by atoms with van der Waals surface area (Å²) in [6.07, 6.45) is 3.41. The molecule has 2 aromatic rings. The maximum absolute atomic E-state index is 9.00. The molecule has 0 aliphatic heterocycles. The van der Waals surface area contributed by atoms with E-state index in [2.05, 4.69) is 10.5 Å². The van der Waals surface area contributed by atoms with Crippen LogP contribution in [0.25, 0.3) is 11.1 Å². The summed E-state index contributed by atoms with van der Waals surface area (Å²) < 4.78 is 0. The van der Waals surface area contributed by atoms with Crippen LogP contribution in [-0.4, -0.2) is 10.2 Å². The summed E-state index contributed by atoms with van der Waals surface area (Å²) in [7, 11) is 0. The van der Waals surface area contributed by atoms with E-state index in [4.69, 9.17) is 28.4 Å². The zero-order chi connectivity index (χ0) is 10.8. The highest BCUT2D eigenvalue weighted by atomic mass is 35.5. The van der Waals surface area contributed by atoms with Gasteiger partial charge in [0, 0.05) is 23.5 Å². The molecule has 0 bridgehead atoms. The zero-order valence-corrected chi connectivity index (χ0v) is 9.10. The molecule has 0 aliphatic rings. The molecule has 1 aromatic heterocycles. The summed E-state index contributed by atoms with van der Waals surface area (Å²) in [6, 6.07) is 5.30. The third-order valence-corrected chi connectivity index (χ3v) is 2.74. The van der Waals surface area contributed by atoms with Crippen LogP contribution in [0.15, 0.2) is 30.6 Å². The molecule has 78 valence electrons. The van der Waals surface area contributed by atoms with Crippen LogP contribution in [0.2, 0.25) is 10.0 Å². The monoisotopic (exact) mass is 242 g/mol. The van der Waals surface area contributed by atoms with Gasteiger partial charge >= 0.3 is 0 Å². The van der Waals surface area contributed by atoms with Gasteiger partial charge in [0.2, 0.25) is 0 Å². The van der Waals surface area contributed by atoms with Gasteiger partial charge in [-0.3, -0.25) is 10.7 Å². The molecular weight excluding hydrogens is 235 g/mol. The number of aromatic amines is 1. The number of anilines is 1. The Morgan fingerprint density at radius 2 is 1.87 bits per heavy atom. The van der Waals surface area contributed by atoms with Gasteiger partial charge in [-0.25, -0.2) is 0 Å². The van der Waals surface area contributed by atoms with Crippen LogP contribution >= 0.6 is 23.2 Å². The van der Waals surface area contributed by atoms with E-state index >= 15 is 0 Å². The maximum atomic E-state index is 9.00. The number of rotatable bonds is 2. The molecule has 3 nitrogen and oxygen atoms in total. The van der Waals surface area contributed by atoms with Gasteiger partial charge in [-0.2, -0.15) is 0 Å². The fourth-order valence-electron chi connectivity index (χ4n) is 1.41. The second kappa shape index (κ2) is 4.14. The number of aromatic nitrogens is 1. The zero-order valence-electron chi connectivity index (χ0n) is 7.59. The molecule has 15 heavy (non-hydrogen) atoms.